The van der Waals surface area contributed by atoms with E-state index in [1.807, 2.05) is 31.2 Å². The summed E-state index contributed by atoms with van der Waals surface area (Å²) >= 11 is 3.37. The molecule has 1 aliphatic rings. The van der Waals surface area contributed by atoms with Crippen LogP contribution in [-0.4, -0.2) is 43.9 Å². The zero-order valence-corrected chi connectivity index (χ0v) is 15.2. The Bertz CT molecular complexity index is 788. The molecule has 0 N–H and O–H groups in total. The summed E-state index contributed by atoms with van der Waals surface area (Å²) in [5.41, 5.74) is 2.10. The summed E-state index contributed by atoms with van der Waals surface area (Å²) in [5, 5.41) is 0. The lowest BCUT2D eigenvalue weighted by Crippen LogP contribution is -2.48. The van der Waals surface area contributed by atoms with E-state index >= 15 is 0 Å². The van der Waals surface area contributed by atoms with E-state index < -0.39 is 10.0 Å². The number of aromatic nitrogens is 1. The first kappa shape index (κ1) is 16.4. The topological polar surface area (TPSA) is 53.5 Å². The molecule has 2 aromatic rings. The standard InChI is InChI=1S/C16H18BrN3O2S/c1-13-2-3-16(15(17)12-13)23(21,22)20-10-8-19(9-11-20)14-4-6-18-7-5-14/h2-7,12H,8-11H2,1H3. The molecule has 0 aliphatic carbocycles. The molecule has 0 amide bonds. The Kier molecular flexibility index (Phi) is 4.70. The highest BCUT2D eigenvalue weighted by Gasteiger charge is 2.29. The molecule has 1 fully saturated rings. The summed E-state index contributed by atoms with van der Waals surface area (Å²) < 4.78 is 27.8. The molecule has 2 heterocycles. The lowest BCUT2D eigenvalue weighted by molar-refractivity contribution is 0.384. The number of halogens is 1. The Labute approximate surface area is 145 Å². The number of sulfonamides is 1. The van der Waals surface area contributed by atoms with Gasteiger partial charge in [-0.3, -0.25) is 4.98 Å². The average molecular weight is 396 g/mol. The summed E-state index contributed by atoms with van der Waals surface area (Å²) in [6.07, 6.45) is 3.50. The van der Waals surface area contributed by atoms with Crippen molar-refractivity contribution in [2.75, 3.05) is 31.1 Å². The fourth-order valence-corrected chi connectivity index (χ4v) is 5.27. The summed E-state index contributed by atoms with van der Waals surface area (Å²) in [5.74, 6) is 0. The van der Waals surface area contributed by atoms with Crippen LogP contribution in [0, 0.1) is 6.92 Å². The van der Waals surface area contributed by atoms with E-state index in [2.05, 4.69) is 25.8 Å². The number of anilines is 1. The van der Waals surface area contributed by atoms with Gasteiger partial charge in [0.25, 0.3) is 0 Å². The number of nitrogens with zero attached hydrogens (tertiary/aromatic N) is 3. The van der Waals surface area contributed by atoms with Gasteiger partial charge in [0.2, 0.25) is 10.0 Å². The van der Waals surface area contributed by atoms with Crippen molar-refractivity contribution in [3.8, 4) is 0 Å². The highest BCUT2D eigenvalue weighted by Crippen LogP contribution is 2.27. The van der Waals surface area contributed by atoms with Crippen LogP contribution in [0.1, 0.15) is 5.56 Å². The lowest BCUT2D eigenvalue weighted by Gasteiger charge is -2.35. The largest absolute Gasteiger partial charge is 0.369 e. The van der Waals surface area contributed by atoms with Gasteiger partial charge in [0.1, 0.15) is 0 Å². The Hall–Kier alpha value is -1.44. The first-order valence-electron chi connectivity index (χ1n) is 7.40. The molecule has 23 heavy (non-hydrogen) atoms. The van der Waals surface area contributed by atoms with Gasteiger partial charge in [-0.15, -0.1) is 0 Å². The number of aryl methyl sites for hydroxylation is 1. The highest BCUT2D eigenvalue weighted by atomic mass is 79.9. The highest BCUT2D eigenvalue weighted by molar-refractivity contribution is 9.10. The third-order valence-electron chi connectivity index (χ3n) is 3.97. The van der Waals surface area contributed by atoms with E-state index in [1.54, 1.807) is 22.8 Å². The SMILES string of the molecule is Cc1ccc(S(=O)(=O)N2CCN(c3ccncc3)CC2)c(Br)c1. The number of pyridine rings is 1. The van der Waals surface area contributed by atoms with Gasteiger partial charge < -0.3 is 4.90 Å². The summed E-state index contributed by atoms with van der Waals surface area (Å²) in [6, 6.07) is 9.22. The Balaban J connectivity index is 1.76. The lowest BCUT2D eigenvalue weighted by atomic mass is 10.2. The van der Waals surface area contributed by atoms with Crippen molar-refractivity contribution in [2.24, 2.45) is 0 Å². The van der Waals surface area contributed by atoms with Crippen molar-refractivity contribution in [1.82, 2.24) is 9.29 Å². The van der Waals surface area contributed by atoms with Crippen molar-refractivity contribution in [3.63, 3.8) is 0 Å². The van der Waals surface area contributed by atoms with Gasteiger partial charge in [0.05, 0.1) is 4.90 Å². The van der Waals surface area contributed by atoms with Crippen LogP contribution in [0.25, 0.3) is 0 Å². The molecule has 0 radical (unpaired) electrons. The van der Waals surface area contributed by atoms with Crippen LogP contribution in [0.2, 0.25) is 0 Å². The van der Waals surface area contributed by atoms with Crippen molar-refractivity contribution >= 4 is 31.6 Å². The summed E-state index contributed by atoms with van der Waals surface area (Å²) in [4.78, 5) is 6.52. The van der Waals surface area contributed by atoms with E-state index in [9.17, 15) is 8.42 Å². The molecule has 5 nitrogen and oxygen atoms in total. The van der Waals surface area contributed by atoms with Crippen molar-refractivity contribution in [2.45, 2.75) is 11.8 Å². The Morgan fingerprint density at radius 2 is 1.70 bits per heavy atom. The maximum Gasteiger partial charge on any atom is 0.244 e. The molecule has 1 aromatic carbocycles. The van der Waals surface area contributed by atoms with E-state index in [4.69, 9.17) is 0 Å². The smallest absolute Gasteiger partial charge is 0.244 e. The second-order valence-corrected chi connectivity index (χ2v) is 8.29. The van der Waals surface area contributed by atoms with Crippen LogP contribution in [0.15, 0.2) is 52.1 Å². The predicted octanol–water partition coefficient (Wildman–Crippen LogP) is 2.66. The zero-order valence-electron chi connectivity index (χ0n) is 12.8. The van der Waals surface area contributed by atoms with Crippen molar-refractivity contribution in [3.05, 3.63) is 52.8 Å². The molecule has 0 bridgehead atoms. The second-order valence-electron chi connectivity index (χ2n) is 5.53. The number of benzene rings is 1. The number of hydrogen-bond donors (Lipinski definition) is 0. The molecule has 1 aliphatic heterocycles. The monoisotopic (exact) mass is 395 g/mol. The molecule has 0 unspecified atom stereocenters. The van der Waals surface area contributed by atoms with Crippen LogP contribution in [0.4, 0.5) is 5.69 Å². The van der Waals surface area contributed by atoms with E-state index in [0.717, 1.165) is 11.3 Å². The van der Waals surface area contributed by atoms with Gasteiger partial charge in [-0.05, 0) is 52.7 Å². The van der Waals surface area contributed by atoms with Crippen LogP contribution in [-0.2, 0) is 10.0 Å². The normalized spacial score (nSPS) is 16.5. The first-order chi connectivity index (χ1) is 11.0. The average Bonchev–Trinajstić information content (AvgIpc) is 2.55. The van der Waals surface area contributed by atoms with Crippen LogP contribution >= 0.6 is 15.9 Å². The van der Waals surface area contributed by atoms with Gasteiger partial charge in [-0.1, -0.05) is 6.07 Å². The third-order valence-corrected chi connectivity index (χ3v) is 6.85. The fraction of sp³-hybridized carbons (Fsp3) is 0.312. The van der Waals surface area contributed by atoms with Gasteiger partial charge in [-0.2, -0.15) is 4.31 Å². The Morgan fingerprint density at radius 3 is 2.30 bits per heavy atom. The number of hydrogen-bond acceptors (Lipinski definition) is 4. The second kappa shape index (κ2) is 6.59. The van der Waals surface area contributed by atoms with Crippen LogP contribution in [0.5, 0.6) is 0 Å². The van der Waals surface area contributed by atoms with Gasteiger partial charge in [0, 0.05) is 48.7 Å². The van der Waals surface area contributed by atoms with E-state index in [1.165, 1.54) is 0 Å². The van der Waals surface area contributed by atoms with Crippen molar-refractivity contribution < 1.29 is 8.42 Å². The quantitative estimate of drug-likeness (QED) is 0.801. The minimum Gasteiger partial charge on any atom is -0.369 e. The van der Waals surface area contributed by atoms with Gasteiger partial charge in [-0.25, -0.2) is 8.42 Å². The molecule has 0 saturated carbocycles. The zero-order chi connectivity index (χ0) is 16.4. The number of piperazine rings is 1. The van der Waals surface area contributed by atoms with Gasteiger partial charge >= 0.3 is 0 Å². The van der Waals surface area contributed by atoms with E-state index in [-0.39, 0.29) is 0 Å². The van der Waals surface area contributed by atoms with Crippen LogP contribution < -0.4 is 4.90 Å². The first-order valence-corrected chi connectivity index (χ1v) is 9.63. The fourth-order valence-electron chi connectivity index (χ4n) is 2.70. The maximum atomic E-state index is 12.8. The third kappa shape index (κ3) is 3.41. The predicted molar refractivity (Wildman–Crippen MR) is 94.1 cm³/mol. The molecule has 0 spiro atoms. The maximum absolute atomic E-state index is 12.8. The van der Waals surface area contributed by atoms with Crippen molar-refractivity contribution in [1.29, 1.82) is 0 Å². The number of rotatable bonds is 3. The summed E-state index contributed by atoms with van der Waals surface area (Å²) in [7, 11) is -3.47. The minimum atomic E-state index is -3.47. The Morgan fingerprint density at radius 1 is 1.04 bits per heavy atom. The molecule has 0 atom stereocenters. The van der Waals surface area contributed by atoms with E-state index in [0.29, 0.717) is 35.5 Å². The molecule has 7 heteroatoms. The molecule has 3 rings (SSSR count). The summed E-state index contributed by atoms with van der Waals surface area (Å²) in [6.45, 7) is 4.24. The molecule has 1 saturated heterocycles. The van der Waals surface area contributed by atoms with Gasteiger partial charge in [0.15, 0.2) is 0 Å². The minimum absolute atomic E-state index is 0.334. The molecular weight excluding hydrogens is 378 g/mol. The molecule has 1 aromatic heterocycles. The molecular formula is C16H18BrN3O2S. The molecule has 122 valence electrons. The van der Waals surface area contributed by atoms with Crippen LogP contribution in [0.3, 0.4) is 0 Å².